The smallest absolute Gasteiger partial charge is 0.168 e. The number of ketones is 1. The number of rotatable bonds is 4. The van der Waals surface area contributed by atoms with Crippen LogP contribution in [0, 0.1) is 6.92 Å². The van der Waals surface area contributed by atoms with Gasteiger partial charge >= 0.3 is 0 Å². The summed E-state index contributed by atoms with van der Waals surface area (Å²) in [5, 5.41) is 11.3. The Balaban J connectivity index is 1.34. The van der Waals surface area contributed by atoms with E-state index in [-0.39, 0.29) is 23.0 Å². The van der Waals surface area contributed by atoms with E-state index in [4.69, 9.17) is 9.40 Å². The summed E-state index contributed by atoms with van der Waals surface area (Å²) in [5.74, 6) is 0.520. The van der Waals surface area contributed by atoms with Crippen molar-refractivity contribution in [2.75, 3.05) is 0 Å². The molecule has 2 heterocycles. The number of aliphatic hydroxyl groups excluding tert-OH is 1. The molecule has 0 bridgehead atoms. The number of furan rings is 1. The number of carbonyl (C=O) groups excluding carboxylic acids is 1. The molecular formula is C25H20N2O3S. The fraction of sp³-hybridized carbons (Fsp3) is 0.160. The van der Waals surface area contributed by atoms with Crippen molar-refractivity contribution in [3.8, 4) is 10.6 Å². The minimum absolute atomic E-state index is 0.0581. The van der Waals surface area contributed by atoms with E-state index in [1.807, 2.05) is 36.4 Å². The highest BCUT2D eigenvalue weighted by molar-refractivity contribution is 7.21. The number of aliphatic imine (C=N–C) groups is 1. The lowest BCUT2D eigenvalue weighted by molar-refractivity contribution is -0.116. The molecule has 0 radical (unpaired) electrons. The van der Waals surface area contributed by atoms with Crippen molar-refractivity contribution in [3.05, 3.63) is 83.5 Å². The van der Waals surface area contributed by atoms with Crippen molar-refractivity contribution in [2.45, 2.75) is 25.7 Å². The van der Waals surface area contributed by atoms with Crippen LogP contribution in [-0.2, 0) is 4.79 Å². The van der Waals surface area contributed by atoms with Gasteiger partial charge in [-0.2, -0.15) is 0 Å². The van der Waals surface area contributed by atoms with Gasteiger partial charge in [0, 0.05) is 30.5 Å². The lowest BCUT2D eigenvalue weighted by Gasteiger charge is -2.20. The van der Waals surface area contributed by atoms with E-state index in [2.05, 4.69) is 24.0 Å². The summed E-state index contributed by atoms with van der Waals surface area (Å²) in [5.41, 5.74) is 4.22. The second-order valence-corrected chi connectivity index (χ2v) is 8.73. The summed E-state index contributed by atoms with van der Waals surface area (Å²) in [6.45, 7) is 2.08. The maximum Gasteiger partial charge on any atom is 0.168 e. The number of carbonyl (C=O) groups is 1. The van der Waals surface area contributed by atoms with Crippen LogP contribution < -0.4 is 0 Å². The van der Waals surface area contributed by atoms with E-state index in [0.717, 1.165) is 21.8 Å². The first-order chi connectivity index (χ1) is 15.1. The standard InChI is InChI=1S/C25H20N2O3S/c1-15-4-9-20-24(11-15)31-25(27-20)16-5-7-18(8-6-16)26-14-19-21(28)12-17(13-22(19)29)23-3-2-10-30-23/h2-11,14,17,28H,12-13H2,1H3. The number of hydrogen-bond donors (Lipinski definition) is 1. The molecule has 154 valence electrons. The molecule has 1 unspecified atom stereocenters. The molecule has 0 amide bonds. The van der Waals surface area contributed by atoms with Crippen LogP contribution in [0.25, 0.3) is 20.8 Å². The Morgan fingerprint density at radius 2 is 2.00 bits per heavy atom. The zero-order valence-electron chi connectivity index (χ0n) is 16.9. The molecule has 2 aromatic carbocycles. The zero-order chi connectivity index (χ0) is 21.4. The lowest BCUT2D eigenvalue weighted by Crippen LogP contribution is -2.18. The maximum atomic E-state index is 12.5. The third-order valence-electron chi connectivity index (χ3n) is 5.43. The summed E-state index contributed by atoms with van der Waals surface area (Å²) in [4.78, 5) is 21.6. The maximum absolute atomic E-state index is 12.5. The van der Waals surface area contributed by atoms with E-state index in [1.54, 1.807) is 23.7 Å². The van der Waals surface area contributed by atoms with Gasteiger partial charge in [-0.25, -0.2) is 4.98 Å². The van der Waals surface area contributed by atoms with Crippen LogP contribution in [0.4, 0.5) is 5.69 Å². The van der Waals surface area contributed by atoms with Crippen molar-refractivity contribution in [1.29, 1.82) is 0 Å². The van der Waals surface area contributed by atoms with Gasteiger partial charge in [0.1, 0.15) is 16.5 Å². The zero-order valence-corrected chi connectivity index (χ0v) is 17.7. The van der Waals surface area contributed by atoms with Crippen LogP contribution >= 0.6 is 11.3 Å². The number of aliphatic hydroxyl groups is 1. The molecule has 5 rings (SSSR count). The molecule has 1 aliphatic rings. The monoisotopic (exact) mass is 428 g/mol. The largest absolute Gasteiger partial charge is 0.511 e. The van der Waals surface area contributed by atoms with E-state index in [9.17, 15) is 9.90 Å². The molecule has 0 saturated heterocycles. The number of hydrogen-bond acceptors (Lipinski definition) is 6. The summed E-state index contributed by atoms with van der Waals surface area (Å²) in [7, 11) is 0. The van der Waals surface area contributed by atoms with Crippen LogP contribution in [0.15, 0.2) is 81.6 Å². The highest BCUT2D eigenvalue weighted by Crippen LogP contribution is 2.34. The summed E-state index contributed by atoms with van der Waals surface area (Å²) < 4.78 is 6.55. The normalized spacial score (nSPS) is 17.2. The van der Waals surface area contributed by atoms with Gasteiger partial charge in [0.05, 0.1) is 27.7 Å². The Morgan fingerprint density at radius 1 is 1.16 bits per heavy atom. The predicted molar refractivity (Wildman–Crippen MR) is 123 cm³/mol. The topological polar surface area (TPSA) is 75.7 Å². The molecule has 5 nitrogen and oxygen atoms in total. The number of fused-ring (bicyclic) bond motifs is 1. The molecule has 1 atom stereocenters. The SMILES string of the molecule is Cc1ccc2nc(-c3ccc(N=CC4=C(O)CC(c5ccco5)CC4=O)cc3)sc2c1. The highest BCUT2D eigenvalue weighted by Gasteiger charge is 2.29. The van der Waals surface area contributed by atoms with E-state index >= 15 is 0 Å². The number of thiazole rings is 1. The number of aryl methyl sites for hydroxylation is 1. The molecule has 0 fully saturated rings. The van der Waals surface area contributed by atoms with Crippen LogP contribution in [0.2, 0.25) is 0 Å². The number of nitrogens with zero attached hydrogens (tertiary/aromatic N) is 2. The average Bonchev–Trinajstić information content (AvgIpc) is 3.43. The average molecular weight is 429 g/mol. The van der Waals surface area contributed by atoms with Gasteiger partial charge in [-0.1, -0.05) is 6.07 Å². The lowest BCUT2D eigenvalue weighted by atomic mass is 9.86. The van der Waals surface area contributed by atoms with Crippen molar-refractivity contribution in [2.24, 2.45) is 4.99 Å². The van der Waals surface area contributed by atoms with Gasteiger partial charge in [0.2, 0.25) is 0 Å². The second-order valence-electron chi connectivity index (χ2n) is 7.70. The first kappa shape index (κ1) is 19.5. The molecule has 0 spiro atoms. The van der Waals surface area contributed by atoms with Crippen molar-refractivity contribution in [1.82, 2.24) is 4.98 Å². The van der Waals surface area contributed by atoms with Gasteiger partial charge in [-0.3, -0.25) is 9.79 Å². The van der Waals surface area contributed by atoms with Crippen molar-refractivity contribution in [3.63, 3.8) is 0 Å². The quantitative estimate of drug-likeness (QED) is 0.375. The van der Waals surface area contributed by atoms with Crippen molar-refractivity contribution >= 4 is 39.2 Å². The number of aromatic nitrogens is 1. The third-order valence-corrected chi connectivity index (χ3v) is 6.50. The Kier molecular flexibility index (Phi) is 5.00. The Bertz CT molecular complexity index is 1310. The van der Waals surface area contributed by atoms with Crippen LogP contribution in [0.3, 0.4) is 0 Å². The van der Waals surface area contributed by atoms with Crippen LogP contribution in [0.1, 0.15) is 30.1 Å². The molecule has 4 aromatic rings. The van der Waals surface area contributed by atoms with E-state index < -0.39 is 0 Å². The molecule has 0 saturated carbocycles. The Hall–Kier alpha value is -3.51. The highest BCUT2D eigenvalue weighted by atomic mass is 32.1. The first-order valence-corrected chi connectivity index (χ1v) is 10.9. The molecule has 6 heteroatoms. The van der Waals surface area contributed by atoms with Gasteiger partial charge in [-0.05, 0) is 61.0 Å². The van der Waals surface area contributed by atoms with Crippen LogP contribution in [-0.4, -0.2) is 22.1 Å². The molecular weight excluding hydrogens is 408 g/mol. The van der Waals surface area contributed by atoms with E-state index in [0.29, 0.717) is 18.5 Å². The molecule has 2 aromatic heterocycles. The summed E-state index contributed by atoms with van der Waals surface area (Å²) in [6.07, 6.45) is 3.72. The summed E-state index contributed by atoms with van der Waals surface area (Å²) >= 11 is 1.66. The molecule has 0 aliphatic heterocycles. The summed E-state index contributed by atoms with van der Waals surface area (Å²) in [6, 6.07) is 17.6. The second kappa shape index (κ2) is 7.96. The fourth-order valence-electron chi connectivity index (χ4n) is 3.77. The fourth-order valence-corrected chi connectivity index (χ4v) is 4.84. The molecule has 1 N–H and O–H groups in total. The number of Topliss-reactive ketones (excluding diaryl/α,β-unsaturated/α-hetero) is 1. The number of benzene rings is 2. The Labute approximate surface area is 183 Å². The third kappa shape index (κ3) is 3.94. The Morgan fingerprint density at radius 3 is 2.74 bits per heavy atom. The minimum Gasteiger partial charge on any atom is -0.511 e. The first-order valence-electron chi connectivity index (χ1n) is 10.1. The van der Waals surface area contributed by atoms with Gasteiger partial charge in [-0.15, -0.1) is 11.3 Å². The predicted octanol–water partition coefficient (Wildman–Crippen LogP) is 6.53. The van der Waals surface area contributed by atoms with Crippen molar-refractivity contribution < 1.29 is 14.3 Å². The number of allylic oxidation sites excluding steroid dienone is 2. The van der Waals surface area contributed by atoms with Gasteiger partial charge < -0.3 is 9.52 Å². The van der Waals surface area contributed by atoms with E-state index in [1.165, 1.54) is 16.5 Å². The van der Waals surface area contributed by atoms with Gasteiger partial charge in [0.15, 0.2) is 5.78 Å². The van der Waals surface area contributed by atoms with Crippen LogP contribution in [0.5, 0.6) is 0 Å². The van der Waals surface area contributed by atoms with Gasteiger partial charge in [0.25, 0.3) is 0 Å². The molecule has 1 aliphatic carbocycles. The minimum atomic E-state index is -0.129. The molecule has 31 heavy (non-hydrogen) atoms.